The monoisotopic (exact) mass is 420 g/mol. The van der Waals surface area contributed by atoms with Gasteiger partial charge in [-0.1, -0.05) is 49.0 Å². The number of thioether (sulfide) groups is 1. The van der Waals surface area contributed by atoms with Crippen molar-refractivity contribution in [3.8, 4) is 12.1 Å². The SMILES string of the molecule is CCc1c(C#N)c(SC(C(N)=O)c2ccccc2)nc(N2CCC(NC)C2)c1C#N. The number of hydrogen-bond donors (Lipinski definition) is 2. The first-order valence-electron chi connectivity index (χ1n) is 9.84. The van der Waals surface area contributed by atoms with Gasteiger partial charge in [-0.25, -0.2) is 4.98 Å². The van der Waals surface area contributed by atoms with Gasteiger partial charge in [-0.3, -0.25) is 4.79 Å². The zero-order valence-electron chi connectivity index (χ0n) is 17.1. The summed E-state index contributed by atoms with van der Waals surface area (Å²) in [4.78, 5) is 19.0. The van der Waals surface area contributed by atoms with Crippen LogP contribution in [0.25, 0.3) is 0 Å². The molecule has 2 atom stereocenters. The fourth-order valence-electron chi connectivity index (χ4n) is 3.72. The lowest BCUT2D eigenvalue weighted by Crippen LogP contribution is -2.30. The summed E-state index contributed by atoms with van der Waals surface area (Å²) >= 11 is 1.17. The Hall–Kier alpha value is -3.07. The molecular weight excluding hydrogens is 396 g/mol. The van der Waals surface area contributed by atoms with E-state index in [1.54, 1.807) is 0 Å². The number of carbonyl (C=O) groups excluding carboxylic acids is 1. The number of pyridine rings is 1. The number of amides is 1. The number of anilines is 1. The zero-order valence-corrected chi connectivity index (χ0v) is 17.9. The molecule has 0 spiro atoms. The lowest BCUT2D eigenvalue weighted by Gasteiger charge is -2.23. The average Bonchev–Trinajstić information content (AvgIpc) is 3.25. The van der Waals surface area contributed by atoms with Crippen LogP contribution in [0.3, 0.4) is 0 Å². The summed E-state index contributed by atoms with van der Waals surface area (Å²) in [6.07, 6.45) is 1.46. The van der Waals surface area contributed by atoms with E-state index in [1.807, 2.05) is 44.3 Å². The molecule has 8 heteroatoms. The van der Waals surface area contributed by atoms with Gasteiger partial charge >= 0.3 is 0 Å². The van der Waals surface area contributed by atoms with Gasteiger partial charge in [0, 0.05) is 19.1 Å². The van der Waals surface area contributed by atoms with E-state index in [-0.39, 0.29) is 0 Å². The van der Waals surface area contributed by atoms with Crippen LogP contribution < -0.4 is 16.0 Å². The molecule has 2 aromatic rings. The Bertz CT molecular complexity index is 1010. The largest absolute Gasteiger partial charge is 0.368 e. The molecule has 0 bridgehead atoms. The standard InChI is InChI=1S/C22H24N6OS/c1-3-16-17(11-23)21(28-10-9-15(13-28)26-2)27-22(18(16)12-24)30-19(20(25)29)14-7-5-4-6-8-14/h4-8,15,19,26H,3,9-10,13H2,1-2H3,(H2,25,29). The van der Waals surface area contributed by atoms with Crippen molar-refractivity contribution < 1.29 is 4.79 Å². The van der Waals surface area contributed by atoms with E-state index in [2.05, 4.69) is 22.4 Å². The van der Waals surface area contributed by atoms with Gasteiger partial charge < -0.3 is 16.0 Å². The Labute approximate surface area is 180 Å². The number of nitrogens with two attached hydrogens (primary N) is 1. The van der Waals surface area contributed by atoms with Crippen LogP contribution in [-0.2, 0) is 11.2 Å². The first-order chi connectivity index (χ1) is 14.5. The molecule has 0 aliphatic carbocycles. The van der Waals surface area contributed by atoms with Crippen molar-refractivity contribution in [1.29, 1.82) is 10.5 Å². The molecule has 0 radical (unpaired) electrons. The lowest BCUT2D eigenvalue weighted by molar-refractivity contribution is -0.117. The highest BCUT2D eigenvalue weighted by Gasteiger charge is 2.30. The fourth-order valence-corrected chi connectivity index (χ4v) is 4.77. The van der Waals surface area contributed by atoms with Crippen molar-refractivity contribution in [2.45, 2.75) is 36.1 Å². The van der Waals surface area contributed by atoms with Crippen LogP contribution >= 0.6 is 11.8 Å². The topological polar surface area (TPSA) is 119 Å². The first-order valence-corrected chi connectivity index (χ1v) is 10.7. The number of nitriles is 2. The van der Waals surface area contributed by atoms with Crippen LogP contribution in [0, 0.1) is 22.7 Å². The van der Waals surface area contributed by atoms with Crippen LogP contribution in [0.1, 0.15) is 40.8 Å². The molecule has 154 valence electrons. The van der Waals surface area contributed by atoms with Crippen LogP contribution in [0.5, 0.6) is 0 Å². The van der Waals surface area contributed by atoms with Gasteiger partial charge in [-0.15, -0.1) is 0 Å². The highest BCUT2D eigenvalue weighted by atomic mass is 32.2. The van der Waals surface area contributed by atoms with Gasteiger partial charge in [0.1, 0.15) is 28.2 Å². The molecule has 7 nitrogen and oxygen atoms in total. The molecule has 1 aromatic heterocycles. The Balaban J connectivity index is 2.11. The second-order valence-electron chi connectivity index (χ2n) is 7.08. The molecule has 1 aromatic carbocycles. The maximum Gasteiger partial charge on any atom is 0.235 e. The Kier molecular flexibility index (Phi) is 6.94. The van der Waals surface area contributed by atoms with Crippen molar-refractivity contribution in [2.75, 3.05) is 25.0 Å². The molecule has 2 heterocycles. The van der Waals surface area contributed by atoms with Crippen molar-refractivity contribution in [3.05, 3.63) is 52.6 Å². The van der Waals surface area contributed by atoms with E-state index in [0.717, 1.165) is 25.1 Å². The third-order valence-electron chi connectivity index (χ3n) is 5.31. The van der Waals surface area contributed by atoms with Crippen molar-refractivity contribution in [1.82, 2.24) is 10.3 Å². The van der Waals surface area contributed by atoms with Crippen LogP contribution in [0.2, 0.25) is 0 Å². The minimum Gasteiger partial charge on any atom is -0.368 e. The molecular formula is C22H24N6OS. The van der Waals surface area contributed by atoms with Crippen LogP contribution in [-0.4, -0.2) is 37.1 Å². The normalized spacial score (nSPS) is 16.7. The summed E-state index contributed by atoms with van der Waals surface area (Å²) in [5.74, 6) is 0.0714. The Morgan fingerprint density at radius 2 is 2.03 bits per heavy atom. The van der Waals surface area contributed by atoms with Gasteiger partial charge in [0.25, 0.3) is 0 Å². The van der Waals surface area contributed by atoms with Crippen molar-refractivity contribution in [3.63, 3.8) is 0 Å². The van der Waals surface area contributed by atoms with Gasteiger partial charge in [0.2, 0.25) is 5.91 Å². The maximum atomic E-state index is 12.2. The highest BCUT2D eigenvalue weighted by molar-refractivity contribution is 8.00. The lowest BCUT2D eigenvalue weighted by atomic mass is 10.0. The molecule has 30 heavy (non-hydrogen) atoms. The summed E-state index contributed by atoms with van der Waals surface area (Å²) in [7, 11) is 1.92. The molecule has 1 aliphatic heterocycles. The smallest absolute Gasteiger partial charge is 0.235 e. The minimum absolute atomic E-state index is 0.317. The number of aromatic nitrogens is 1. The molecule has 1 saturated heterocycles. The summed E-state index contributed by atoms with van der Waals surface area (Å²) in [6, 6.07) is 14.0. The average molecular weight is 421 g/mol. The molecule has 1 fully saturated rings. The molecule has 0 saturated carbocycles. The summed E-state index contributed by atoms with van der Waals surface area (Å²) < 4.78 is 0. The van der Waals surface area contributed by atoms with E-state index in [4.69, 9.17) is 10.7 Å². The van der Waals surface area contributed by atoms with Crippen LogP contribution in [0.15, 0.2) is 35.4 Å². The van der Waals surface area contributed by atoms with Gasteiger partial charge in [0.15, 0.2) is 0 Å². The minimum atomic E-state index is -0.681. The number of rotatable bonds is 7. The Morgan fingerprint density at radius 3 is 2.57 bits per heavy atom. The number of nitrogens with zero attached hydrogens (tertiary/aromatic N) is 4. The predicted molar refractivity (Wildman–Crippen MR) is 117 cm³/mol. The summed E-state index contributed by atoms with van der Waals surface area (Å²) in [5.41, 5.74) is 7.88. The summed E-state index contributed by atoms with van der Waals surface area (Å²) in [5, 5.41) is 22.7. The number of benzene rings is 1. The molecule has 1 amide bonds. The maximum absolute atomic E-state index is 12.2. The predicted octanol–water partition coefficient (Wildman–Crippen LogP) is 2.50. The second kappa shape index (κ2) is 9.62. The van der Waals surface area contributed by atoms with Crippen LogP contribution in [0.4, 0.5) is 5.82 Å². The number of hydrogen-bond acceptors (Lipinski definition) is 7. The third-order valence-corrected chi connectivity index (χ3v) is 6.57. The number of likely N-dealkylation sites (N-methyl/N-ethyl adjacent to an activating group) is 1. The zero-order chi connectivity index (χ0) is 21.7. The molecule has 2 unspecified atom stereocenters. The van der Waals surface area contributed by atoms with E-state index < -0.39 is 11.2 Å². The van der Waals surface area contributed by atoms with Crippen molar-refractivity contribution in [2.24, 2.45) is 5.73 Å². The number of nitrogens with one attached hydrogen (secondary N) is 1. The highest BCUT2D eigenvalue weighted by Crippen LogP contribution is 2.39. The molecule has 3 rings (SSSR count). The van der Waals surface area contributed by atoms with E-state index in [1.165, 1.54) is 11.8 Å². The van der Waals surface area contributed by atoms with Gasteiger partial charge in [0.05, 0.1) is 11.1 Å². The summed E-state index contributed by atoms with van der Waals surface area (Å²) in [6.45, 7) is 3.41. The van der Waals surface area contributed by atoms with Crippen molar-refractivity contribution >= 4 is 23.5 Å². The first kappa shape index (κ1) is 21.6. The van der Waals surface area contributed by atoms with Gasteiger partial charge in [-0.2, -0.15) is 10.5 Å². The van der Waals surface area contributed by atoms with Gasteiger partial charge in [-0.05, 0) is 31.0 Å². The second-order valence-corrected chi connectivity index (χ2v) is 8.17. The molecule has 3 N–H and O–H groups in total. The fraction of sp³-hybridized carbons (Fsp3) is 0.364. The van der Waals surface area contributed by atoms with E-state index >= 15 is 0 Å². The van der Waals surface area contributed by atoms with E-state index in [9.17, 15) is 15.3 Å². The molecule has 1 aliphatic rings. The number of carbonyl (C=O) groups is 1. The Morgan fingerprint density at radius 1 is 1.33 bits per heavy atom. The number of primary amides is 1. The third kappa shape index (κ3) is 4.25. The van der Waals surface area contributed by atoms with E-state index in [0.29, 0.717) is 40.0 Å². The quantitative estimate of drug-likeness (QED) is 0.661.